The van der Waals surface area contributed by atoms with Gasteiger partial charge in [-0.25, -0.2) is 4.98 Å². The third-order valence-electron chi connectivity index (χ3n) is 3.89. The molecule has 0 fully saturated rings. The van der Waals surface area contributed by atoms with Crippen molar-refractivity contribution in [1.29, 1.82) is 5.26 Å². The number of aryl methyl sites for hydroxylation is 1. The molecule has 1 amide bonds. The third kappa shape index (κ3) is 5.38. The van der Waals surface area contributed by atoms with Crippen molar-refractivity contribution in [3.63, 3.8) is 0 Å². The van der Waals surface area contributed by atoms with Gasteiger partial charge in [-0.05, 0) is 24.1 Å². The Morgan fingerprint density at radius 2 is 1.96 bits per heavy atom. The summed E-state index contributed by atoms with van der Waals surface area (Å²) in [5.41, 5.74) is 2.94. The number of aromatic amines is 1. The van der Waals surface area contributed by atoms with Crippen molar-refractivity contribution in [3.8, 4) is 17.5 Å². The highest BCUT2D eigenvalue weighted by Gasteiger charge is 2.11. The van der Waals surface area contributed by atoms with Crippen LogP contribution in [-0.4, -0.2) is 32.6 Å². The second kappa shape index (κ2) is 9.97. The zero-order chi connectivity index (χ0) is 19.8. The molecule has 0 saturated carbocycles. The molecule has 28 heavy (non-hydrogen) atoms. The van der Waals surface area contributed by atoms with Crippen molar-refractivity contribution in [2.75, 3.05) is 16.8 Å². The molecule has 0 aliphatic rings. The summed E-state index contributed by atoms with van der Waals surface area (Å²) in [5, 5.41) is 19.2. The summed E-state index contributed by atoms with van der Waals surface area (Å²) in [7, 11) is 0. The second-order valence-electron chi connectivity index (χ2n) is 5.80. The minimum absolute atomic E-state index is 0.145. The van der Waals surface area contributed by atoms with Crippen LogP contribution in [0, 0.1) is 11.3 Å². The van der Waals surface area contributed by atoms with Crippen molar-refractivity contribution in [3.05, 3.63) is 54.1 Å². The Kier molecular flexibility index (Phi) is 7.12. The quantitative estimate of drug-likeness (QED) is 0.536. The number of thioether (sulfide) groups is 2. The molecule has 0 aliphatic carbocycles. The van der Waals surface area contributed by atoms with Gasteiger partial charge in [-0.3, -0.25) is 9.89 Å². The van der Waals surface area contributed by atoms with Crippen molar-refractivity contribution in [2.45, 2.75) is 23.4 Å². The summed E-state index contributed by atoms with van der Waals surface area (Å²) in [6, 6.07) is 17.7. The summed E-state index contributed by atoms with van der Waals surface area (Å²) >= 11 is 2.66. The van der Waals surface area contributed by atoms with Gasteiger partial charge in [0.2, 0.25) is 11.1 Å². The molecule has 3 rings (SSSR count). The molecule has 0 spiro atoms. The van der Waals surface area contributed by atoms with Gasteiger partial charge in [0, 0.05) is 10.5 Å². The van der Waals surface area contributed by atoms with Crippen molar-refractivity contribution in [2.24, 2.45) is 0 Å². The monoisotopic (exact) mass is 409 g/mol. The van der Waals surface area contributed by atoms with Crippen LogP contribution in [0.25, 0.3) is 11.4 Å². The number of H-pyrrole nitrogens is 1. The topological polar surface area (TPSA) is 94.5 Å². The van der Waals surface area contributed by atoms with E-state index in [4.69, 9.17) is 5.26 Å². The zero-order valence-corrected chi connectivity index (χ0v) is 16.9. The van der Waals surface area contributed by atoms with Gasteiger partial charge in [-0.15, -0.1) is 16.9 Å². The van der Waals surface area contributed by atoms with Crippen LogP contribution < -0.4 is 5.32 Å². The third-order valence-corrected chi connectivity index (χ3v) is 5.67. The van der Waals surface area contributed by atoms with E-state index in [1.807, 2.05) is 36.4 Å². The number of amides is 1. The Balaban J connectivity index is 1.57. The number of para-hydroxylation sites is 1. The molecule has 2 aromatic carbocycles. The highest BCUT2D eigenvalue weighted by molar-refractivity contribution is 8.00. The lowest BCUT2D eigenvalue weighted by Gasteiger charge is -2.08. The lowest BCUT2D eigenvalue weighted by Crippen LogP contribution is -2.14. The molecule has 2 N–H and O–H groups in total. The first-order chi connectivity index (χ1) is 13.7. The molecule has 8 heteroatoms. The fourth-order valence-corrected chi connectivity index (χ4v) is 3.73. The van der Waals surface area contributed by atoms with Crippen molar-refractivity contribution in [1.82, 2.24) is 15.2 Å². The molecule has 0 saturated heterocycles. The van der Waals surface area contributed by atoms with E-state index in [-0.39, 0.29) is 11.7 Å². The highest BCUT2D eigenvalue weighted by atomic mass is 32.2. The van der Waals surface area contributed by atoms with Crippen LogP contribution in [-0.2, 0) is 11.2 Å². The first-order valence-electron chi connectivity index (χ1n) is 8.72. The van der Waals surface area contributed by atoms with Crippen LogP contribution in [0.5, 0.6) is 0 Å². The number of carbonyl (C=O) groups excluding carboxylic acids is 1. The minimum Gasteiger partial charge on any atom is -0.324 e. The molecule has 142 valence electrons. The van der Waals surface area contributed by atoms with Crippen molar-refractivity contribution >= 4 is 35.1 Å². The van der Waals surface area contributed by atoms with E-state index in [0.29, 0.717) is 22.4 Å². The average molecular weight is 410 g/mol. The van der Waals surface area contributed by atoms with E-state index in [1.54, 1.807) is 0 Å². The van der Waals surface area contributed by atoms with E-state index < -0.39 is 0 Å². The van der Waals surface area contributed by atoms with Crippen LogP contribution >= 0.6 is 23.5 Å². The maximum atomic E-state index is 12.3. The number of aromatic nitrogens is 3. The maximum absolute atomic E-state index is 12.3. The average Bonchev–Trinajstić information content (AvgIpc) is 3.21. The zero-order valence-electron chi connectivity index (χ0n) is 15.3. The Morgan fingerprint density at radius 1 is 1.18 bits per heavy atom. The Hall–Kier alpha value is -2.76. The molecule has 3 aromatic rings. The van der Waals surface area contributed by atoms with Gasteiger partial charge in [0.1, 0.15) is 0 Å². The number of nitrogens with zero attached hydrogens (tertiary/aromatic N) is 3. The molecular weight excluding hydrogens is 390 g/mol. The largest absolute Gasteiger partial charge is 0.324 e. The summed E-state index contributed by atoms with van der Waals surface area (Å²) in [6.07, 6.45) is 0.991. The maximum Gasteiger partial charge on any atom is 0.234 e. The van der Waals surface area contributed by atoms with Crippen LogP contribution in [0.4, 0.5) is 5.69 Å². The standard InChI is InChI=1S/C20H19N5OS2/c1-2-14-7-9-15(10-8-14)19-23-20(25-24-19)28-13-18(26)22-16-5-3-4-6-17(16)27-12-11-21/h3-10H,2,12-13H2,1H3,(H,22,26)(H,23,24,25). The molecular formula is C20H19N5OS2. The van der Waals surface area contributed by atoms with E-state index in [0.717, 1.165) is 16.9 Å². The van der Waals surface area contributed by atoms with E-state index in [1.165, 1.54) is 29.1 Å². The molecule has 6 nitrogen and oxygen atoms in total. The number of rotatable bonds is 8. The predicted octanol–water partition coefficient (Wildman–Crippen LogP) is 4.38. The summed E-state index contributed by atoms with van der Waals surface area (Å²) in [4.78, 5) is 17.6. The van der Waals surface area contributed by atoms with Crippen LogP contribution in [0.1, 0.15) is 12.5 Å². The molecule has 0 atom stereocenters. The first kappa shape index (κ1) is 20.0. The highest BCUT2D eigenvalue weighted by Crippen LogP contribution is 2.27. The molecule has 0 unspecified atom stereocenters. The van der Waals surface area contributed by atoms with Crippen LogP contribution in [0.3, 0.4) is 0 Å². The Labute approximate surface area is 172 Å². The Morgan fingerprint density at radius 3 is 2.71 bits per heavy atom. The van der Waals surface area contributed by atoms with E-state index in [9.17, 15) is 4.79 Å². The molecule has 1 heterocycles. The summed E-state index contributed by atoms with van der Waals surface area (Å²) in [5.74, 6) is 1.07. The van der Waals surface area contributed by atoms with Gasteiger partial charge in [0.05, 0.1) is 23.3 Å². The SMILES string of the molecule is CCc1ccc(-c2nc(SCC(=O)Nc3ccccc3SCC#N)n[nH]2)cc1. The number of hydrogen-bond acceptors (Lipinski definition) is 6. The summed E-state index contributed by atoms with van der Waals surface area (Å²) in [6.45, 7) is 2.11. The van der Waals surface area contributed by atoms with Gasteiger partial charge < -0.3 is 5.32 Å². The normalized spacial score (nSPS) is 10.4. The number of carbonyl (C=O) groups is 1. The molecule has 0 bridgehead atoms. The van der Waals surface area contributed by atoms with Crippen LogP contribution in [0.15, 0.2) is 58.6 Å². The number of anilines is 1. The van der Waals surface area contributed by atoms with Gasteiger partial charge in [-0.1, -0.05) is 55.1 Å². The predicted molar refractivity (Wildman–Crippen MR) is 113 cm³/mol. The summed E-state index contributed by atoms with van der Waals surface area (Å²) < 4.78 is 0. The van der Waals surface area contributed by atoms with Gasteiger partial charge in [0.25, 0.3) is 0 Å². The molecule has 0 radical (unpaired) electrons. The second-order valence-corrected chi connectivity index (χ2v) is 7.76. The van der Waals surface area contributed by atoms with Gasteiger partial charge in [-0.2, -0.15) is 5.26 Å². The minimum atomic E-state index is -0.145. The Bertz CT molecular complexity index is 979. The lowest BCUT2D eigenvalue weighted by atomic mass is 10.1. The molecule has 0 aliphatic heterocycles. The number of nitrogens with one attached hydrogen (secondary N) is 2. The lowest BCUT2D eigenvalue weighted by molar-refractivity contribution is -0.113. The number of nitriles is 1. The van der Waals surface area contributed by atoms with Crippen LogP contribution in [0.2, 0.25) is 0 Å². The van der Waals surface area contributed by atoms with Gasteiger partial charge >= 0.3 is 0 Å². The number of hydrogen-bond donors (Lipinski definition) is 2. The fourth-order valence-electron chi connectivity index (χ4n) is 2.46. The van der Waals surface area contributed by atoms with Crippen molar-refractivity contribution < 1.29 is 4.79 Å². The fraction of sp³-hybridized carbons (Fsp3) is 0.200. The van der Waals surface area contributed by atoms with Gasteiger partial charge in [0.15, 0.2) is 5.82 Å². The van der Waals surface area contributed by atoms with E-state index in [2.05, 4.69) is 45.6 Å². The first-order valence-corrected chi connectivity index (χ1v) is 10.7. The number of benzene rings is 2. The smallest absolute Gasteiger partial charge is 0.234 e. The molecule has 1 aromatic heterocycles. The van der Waals surface area contributed by atoms with E-state index >= 15 is 0 Å².